The second-order valence-corrected chi connectivity index (χ2v) is 7.04. The zero-order valence-electron chi connectivity index (χ0n) is 16.5. The molecule has 29 heavy (non-hydrogen) atoms. The van der Waals surface area contributed by atoms with E-state index in [2.05, 4.69) is 5.10 Å². The number of aromatic nitrogens is 2. The number of hydrogen-bond acceptors (Lipinski definition) is 5. The normalized spacial score (nSPS) is 16.2. The molecule has 1 aromatic heterocycles. The van der Waals surface area contributed by atoms with Crippen molar-refractivity contribution in [2.24, 2.45) is 0 Å². The molecule has 1 atom stereocenters. The first-order valence-electron chi connectivity index (χ1n) is 9.58. The molecule has 1 aliphatic rings. The predicted molar refractivity (Wildman–Crippen MR) is 109 cm³/mol. The summed E-state index contributed by atoms with van der Waals surface area (Å²) < 4.78 is 12.5. The molecule has 1 saturated heterocycles. The van der Waals surface area contributed by atoms with Crippen molar-refractivity contribution in [3.05, 3.63) is 64.4 Å². The molecule has 1 unspecified atom stereocenters. The molecule has 1 aliphatic heterocycles. The van der Waals surface area contributed by atoms with Crippen molar-refractivity contribution < 1.29 is 14.3 Å². The number of carbonyl (C=O) groups is 1. The van der Waals surface area contributed by atoms with Gasteiger partial charge in [0.25, 0.3) is 0 Å². The van der Waals surface area contributed by atoms with Crippen LogP contribution < -0.4 is 14.9 Å². The minimum absolute atomic E-state index is 0.0429. The topological polar surface area (TPSA) is 73.7 Å². The van der Waals surface area contributed by atoms with E-state index < -0.39 is 0 Å². The summed E-state index contributed by atoms with van der Waals surface area (Å²) in [5.41, 5.74) is 1.45. The van der Waals surface area contributed by atoms with Crippen LogP contribution in [0.25, 0.3) is 10.9 Å². The fourth-order valence-corrected chi connectivity index (χ4v) is 3.99. The quantitative estimate of drug-likeness (QED) is 0.666. The number of likely N-dealkylation sites (tertiary alicyclic amines) is 1. The minimum Gasteiger partial charge on any atom is -0.497 e. The Morgan fingerprint density at radius 1 is 1.17 bits per heavy atom. The second-order valence-electron chi connectivity index (χ2n) is 7.04. The first-order chi connectivity index (χ1) is 14.1. The number of amides is 1. The van der Waals surface area contributed by atoms with Gasteiger partial charge in [-0.3, -0.25) is 14.3 Å². The number of methoxy groups -OCH3 is 2. The van der Waals surface area contributed by atoms with Crippen molar-refractivity contribution in [1.82, 2.24) is 14.7 Å². The van der Waals surface area contributed by atoms with E-state index >= 15 is 0 Å². The average molecular weight is 393 g/mol. The molecular formula is C22H23N3O4. The monoisotopic (exact) mass is 393 g/mol. The van der Waals surface area contributed by atoms with Crippen LogP contribution in [0.15, 0.2) is 53.5 Å². The molecule has 1 fully saturated rings. The lowest BCUT2D eigenvalue weighted by Crippen LogP contribution is -2.34. The molecule has 0 radical (unpaired) electrons. The number of hydrogen-bond donors (Lipinski definition) is 0. The number of benzene rings is 2. The van der Waals surface area contributed by atoms with Gasteiger partial charge in [-0.2, -0.15) is 5.10 Å². The summed E-state index contributed by atoms with van der Waals surface area (Å²) in [4.78, 5) is 27.1. The molecule has 0 spiro atoms. The van der Waals surface area contributed by atoms with E-state index in [1.165, 1.54) is 6.20 Å². The molecule has 150 valence electrons. The zero-order chi connectivity index (χ0) is 20.4. The summed E-state index contributed by atoms with van der Waals surface area (Å²) in [6, 6.07) is 12.8. The number of nitrogens with zero attached hydrogens (tertiary/aromatic N) is 3. The van der Waals surface area contributed by atoms with Gasteiger partial charge in [-0.25, -0.2) is 0 Å². The van der Waals surface area contributed by atoms with Crippen LogP contribution in [0, 0.1) is 0 Å². The smallest absolute Gasteiger partial charge is 0.244 e. The standard InChI is InChI=1S/C22H23N3O4/c1-28-15-9-10-21(29-2)17(12-15)18-8-5-11-24(18)22(27)14-25-19-7-4-3-6-16(19)20(26)13-23-25/h3-4,6-7,9-10,12-13,18H,5,8,11,14H2,1-2H3. The summed E-state index contributed by atoms with van der Waals surface area (Å²) in [6.07, 6.45) is 3.03. The van der Waals surface area contributed by atoms with E-state index in [-0.39, 0.29) is 23.9 Å². The van der Waals surface area contributed by atoms with E-state index in [4.69, 9.17) is 9.47 Å². The van der Waals surface area contributed by atoms with E-state index in [1.807, 2.05) is 41.3 Å². The molecule has 7 nitrogen and oxygen atoms in total. The molecule has 0 bridgehead atoms. The number of para-hydroxylation sites is 1. The molecule has 2 heterocycles. The lowest BCUT2D eigenvalue weighted by molar-refractivity contribution is -0.132. The van der Waals surface area contributed by atoms with Gasteiger partial charge in [0.1, 0.15) is 18.0 Å². The van der Waals surface area contributed by atoms with Crippen molar-refractivity contribution in [3.8, 4) is 11.5 Å². The van der Waals surface area contributed by atoms with Crippen LogP contribution >= 0.6 is 0 Å². The van der Waals surface area contributed by atoms with Crippen LogP contribution in [0.2, 0.25) is 0 Å². The molecule has 1 amide bonds. The highest BCUT2D eigenvalue weighted by atomic mass is 16.5. The summed E-state index contributed by atoms with van der Waals surface area (Å²) in [7, 11) is 3.25. The first-order valence-corrected chi connectivity index (χ1v) is 9.58. The maximum Gasteiger partial charge on any atom is 0.244 e. The van der Waals surface area contributed by atoms with Crippen LogP contribution in [0.5, 0.6) is 11.5 Å². The van der Waals surface area contributed by atoms with Crippen LogP contribution in [0.1, 0.15) is 24.4 Å². The van der Waals surface area contributed by atoms with Gasteiger partial charge in [0.15, 0.2) is 0 Å². The van der Waals surface area contributed by atoms with Gasteiger partial charge in [0.05, 0.1) is 32.0 Å². The Morgan fingerprint density at radius 3 is 2.79 bits per heavy atom. The Balaban J connectivity index is 1.65. The highest BCUT2D eigenvalue weighted by molar-refractivity contribution is 5.82. The van der Waals surface area contributed by atoms with Crippen LogP contribution in [0.3, 0.4) is 0 Å². The van der Waals surface area contributed by atoms with Crippen LogP contribution in [-0.2, 0) is 11.3 Å². The molecule has 0 N–H and O–H groups in total. The first kappa shape index (κ1) is 19.0. The second kappa shape index (κ2) is 7.95. The van der Waals surface area contributed by atoms with Gasteiger partial charge in [0, 0.05) is 17.5 Å². The van der Waals surface area contributed by atoms with Crippen molar-refractivity contribution >= 4 is 16.8 Å². The molecule has 0 aliphatic carbocycles. The Bertz CT molecular complexity index is 1110. The molecular weight excluding hydrogens is 370 g/mol. The van der Waals surface area contributed by atoms with E-state index in [1.54, 1.807) is 25.0 Å². The SMILES string of the molecule is COc1ccc(OC)c(C2CCCN2C(=O)Cn2ncc(=O)c3ccccc32)c1. The number of fused-ring (bicyclic) bond motifs is 1. The minimum atomic E-state index is -0.149. The zero-order valence-corrected chi connectivity index (χ0v) is 16.5. The summed E-state index contributed by atoms with van der Waals surface area (Å²) in [6.45, 7) is 0.742. The van der Waals surface area contributed by atoms with Crippen LogP contribution in [-0.4, -0.2) is 41.4 Å². The van der Waals surface area contributed by atoms with E-state index in [0.29, 0.717) is 17.4 Å². The van der Waals surface area contributed by atoms with Crippen molar-refractivity contribution in [2.75, 3.05) is 20.8 Å². The molecule has 0 saturated carbocycles. The predicted octanol–water partition coefficient (Wildman–Crippen LogP) is 2.78. The summed E-state index contributed by atoms with van der Waals surface area (Å²) >= 11 is 0. The van der Waals surface area contributed by atoms with Gasteiger partial charge in [-0.1, -0.05) is 12.1 Å². The van der Waals surface area contributed by atoms with Gasteiger partial charge in [-0.05, 0) is 43.2 Å². The average Bonchev–Trinajstić information content (AvgIpc) is 3.25. The lowest BCUT2D eigenvalue weighted by atomic mass is 10.0. The van der Waals surface area contributed by atoms with Gasteiger partial charge >= 0.3 is 0 Å². The van der Waals surface area contributed by atoms with Crippen LogP contribution in [0.4, 0.5) is 0 Å². The van der Waals surface area contributed by atoms with E-state index in [9.17, 15) is 9.59 Å². The van der Waals surface area contributed by atoms with E-state index in [0.717, 1.165) is 29.9 Å². The molecule has 4 rings (SSSR count). The maximum absolute atomic E-state index is 13.2. The maximum atomic E-state index is 13.2. The lowest BCUT2D eigenvalue weighted by Gasteiger charge is -2.27. The fraction of sp³-hybridized carbons (Fsp3) is 0.318. The Kier molecular flexibility index (Phi) is 5.20. The van der Waals surface area contributed by atoms with Gasteiger partial charge in [0.2, 0.25) is 11.3 Å². The Labute approximate surface area is 168 Å². The largest absolute Gasteiger partial charge is 0.497 e. The summed E-state index contributed by atoms with van der Waals surface area (Å²) in [5, 5.41) is 4.75. The Hall–Kier alpha value is -3.35. The van der Waals surface area contributed by atoms with Crippen molar-refractivity contribution in [2.45, 2.75) is 25.4 Å². The molecule has 2 aromatic carbocycles. The highest BCUT2D eigenvalue weighted by Crippen LogP contribution is 2.39. The van der Waals surface area contributed by atoms with Gasteiger partial charge in [-0.15, -0.1) is 0 Å². The van der Waals surface area contributed by atoms with Crippen molar-refractivity contribution in [3.63, 3.8) is 0 Å². The third-order valence-corrected chi connectivity index (χ3v) is 5.42. The third-order valence-electron chi connectivity index (χ3n) is 5.42. The number of carbonyl (C=O) groups excluding carboxylic acids is 1. The highest BCUT2D eigenvalue weighted by Gasteiger charge is 2.32. The van der Waals surface area contributed by atoms with Crippen molar-refractivity contribution in [1.29, 1.82) is 0 Å². The fourth-order valence-electron chi connectivity index (χ4n) is 3.99. The number of ether oxygens (including phenoxy) is 2. The molecule has 7 heteroatoms. The summed E-state index contributed by atoms with van der Waals surface area (Å²) in [5.74, 6) is 1.43. The molecule has 3 aromatic rings. The third kappa shape index (κ3) is 3.55. The number of rotatable bonds is 5. The Morgan fingerprint density at radius 2 is 2.00 bits per heavy atom. The van der Waals surface area contributed by atoms with Gasteiger partial charge < -0.3 is 14.4 Å².